The third-order valence-electron chi connectivity index (χ3n) is 5.48. The Labute approximate surface area is 203 Å². The number of fused-ring (bicyclic) bond motifs is 1. The first-order valence-electron chi connectivity index (χ1n) is 10.9. The monoisotopic (exact) mass is 491 g/mol. The SMILES string of the molecule is CNC(=O)c1ccc(Nc2nnc(-c3ccc(C)c(S(=O)(=O)NCCO)c3)c3ccccc23)cc1. The largest absolute Gasteiger partial charge is 0.395 e. The summed E-state index contributed by atoms with van der Waals surface area (Å²) in [5.74, 6) is 0.360. The standard InChI is InChI=1S/C25H25N5O4S/c1-16-7-8-18(15-22(16)35(33,34)27-13-14-31)23-20-5-3-4-6-21(20)24(30-29-23)28-19-11-9-17(10-12-19)25(32)26-2/h3-12,15,27,31H,13-14H2,1-2H3,(H,26,32)(H,28,30). The number of nitrogens with zero attached hydrogens (tertiary/aromatic N) is 2. The topological polar surface area (TPSA) is 133 Å². The van der Waals surface area contributed by atoms with Crippen molar-refractivity contribution in [2.75, 3.05) is 25.5 Å². The quantitative estimate of drug-likeness (QED) is 0.298. The summed E-state index contributed by atoms with van der Waals surface area (Å²) in [7, 11) is -2.22. The molecule has 0 radical (unpaired) electrons. The van der Waals surface area contributed by atoms with Crippen LogP contribution in [0.2, 0.25) is 0 Å². The number of nitrogens with one attached hydrogen (secondary N) is 3. The smallest absolute Gasteiger partial charge is 0.251 e. The number of rotatable bonds is 8. The maximum atomic E-state index is 12.7. The number of benzene rings is 3. The fourth-order valence-electron chi connectivity index (χ4n) is 3.69. The molecule has 35 heavy (non-hydrogen) atoms. The fraction of sp³-hybridized carbons (Fsp3) is 0.160. The molecule has 1 amide bonds. The number of anilines is 2. The maximum Gasteiger partial charge on any atom is 0.251 e. The van der Waals surface area contributed by atoms with Crippen LogP contribution in [0, 0.1) is 6.92 Å². The number of sulfonamides is 1. The van der Waals surface area contributed by atoms with E-state index in [0.717, 1.165) is 16.5 Å². The number of aliphatic hydroxyl groups excluding tert-OH is 1. The van der Waals surface area contributed by atoms with Gasteiger partial charge in [-0.3, -0.25) is 4.79 Å². The van der Waals surface area contributed by atoms with Crippen LogP contribution in [0.3, 0.4) is 0 Å². The first-order chi connectivity index (χ1) is 16.8. The molecule has 9 nitrogen and oxygen atoms in total. The van der Waals surface area contributed by atoms with E-state index in [1.165, 1.54) is 0 Å². The van der Waals surface area contributed by atoms with Gasteiger partial charge in [-0.25, -0.2) is 13.1 Å². The van der Waals surface area contributed by atoms with Crippen LogP contribution in [0.15, 0.2) is 71.6 Å². The molecule has 1 aromatic heterocycles. The van der Waals surface area contributed by atoms with Crippen LogP contribution < -0.4 is 15.4 Å². The minimum atomic E-state index is -3.80. The lowest BCUT2D eigenvalue weighted by atomic mass is 10.0. The third-order valence-corrected chi connectivity index (χ3v) is 7.08. The third kappa shape index (κ3) is 5.14. The molecule has 10 heteroatoms. The lowest BCUT2D eigenvalue weighted by Gasteiger charge is -2.13. The summed E-state index contributed by atoms with van der Waals surface area (Å²) < 4.78 is 27.8. The number of aromatic nitrogens is 2. The molecule has 0 saturated heterocycles. The molecule has 0 unspecified atom stereocenters. The van der Waals surface area contributed by atoms with Gasteiger partial charge in [0.15, 0.2) is 5.82 Å². The molecule has 4 aromatic rings. The van der Waals surface area contributed by atoms with Gasteiger partial charge in [0.05, 0.1) is 11.5 Å². The Kier molecular flexibility index (Phi) is 7.06. The molecule has 0 aliphatic heterocycles. The highest BCUT2D eigenvalue weighted by Gasteiger charge is 2.19. The molecule has 1 heterocycles. The van der Waals surface area contributed by atoms with E-state index in [0.29, 0.717) is 28.2 Å². The van der Waals surface area contributed by atoms with Gasteiger partial charge >= 0.3 is 0 Å². The van der Waals surface area contributed by atoms with Crippen LogP contribution >= 0.6 is 0 Å². The number of hydrogen-bond donors (Lipinski definition) is 4. The predicted octanol–water partition coefficient (Wildman–Crippen LogP) is 2.98. The Morgan fingerprint density at radius 1 is 0.971 bits per heavy atom. The molecule has 0 aliphatic carbocycles. The van der Waals surface area contributed by atoms with E-state index >= 15 is 0 Å². The second-order valence-electron chi connectivity index (χ2n) is 7.83. The van der Waals surface area contributed by atoms with Crippen LogP contribution in [-0.2, 0) is 10.0 Å². The highest BCUT2D eigenvalue weighted by atomic mass is 32.2. The number of carbonyl (C=O) groups is 1. The molecule has 0 atom stereocenters. The number of amides is 1. The number of hydrogen-bond acceptors (Lipinski definition) is 7. The average Bonchev–Trinajstić information content (AvgIpc) is 2.88. The molecule has 0 fully saturated rings. The van der Waals surface area contributed by atoms with Crippen LogP contribution in [0.25, 0.3) is 22.0 Å². The molecule has 0 aliphatic rings. The summed E-state index contributed by atoms with van der Waals surface area (Å²) in [6.07, 6.45) is 0. The van der Waals surface area contributed by atoms with Gasteiger partial charge in [0.2, 0.25) is 10.0 Å². The Morgan fingerprint density at radius 2 is 1.69 bits per heavy atom. The summed E-state index contributed by atoms with van der Waals surface area (Å²) in [5, 5.41) is 25.2. The number of carbonyl (C=O) groups excluding carboxylic acids is 1. The van der Waals surface area contributed by atoms with Crippen molar-refractivity contribution in [1.82, 2.24) is 20.2 Å². The first-order valence-corrected chi connectivity index (χ1v) is 12.4. The molecular formula is C25H25N5O4S. The molecule has 4 rings (SSSR count). The van der Waals surface area contributed by atoms with Crippen molar-refractivity contribution in [3.8, 4) is 11.3 Å². The predicted molar refractivity (Wildman–Crippen MR) is 135 cm³/mol. The van der Waals surface area contributed by atoms with E-state index in [1.807, 2.05) is 24.3 Å². The van der Waals surface area contributed by atoms with Gasteiger partial charge in [-0.05, 0) is 42.8 Å². The van der Waals surface area contributed by atoms with Gasteiger partial charge in [-0.2, -0.15) is 0 Å². The average molecular weight is 492 g/mol. The molecule has 180 valence electrons. The van der Waals surface area contributed by atoms with E-state index in [-0.39, 0.29) is 24.0 Å². The van der Waals surface area contributed by atoms with Gasteiger partial charge in [0, 0.05) is 41.2 Å². The normalized spacial score (nSPS) is 11.4. The summed E-state index contributed by atoms with van der Waals surface area (Å²) in [6.45, 7) is 1.35. The molecule has 0 spiro atoms. The second-order valence-corrected chi connectivity index (χ2v) is 9.56. The van der Waals surface area contributed by atoms with Gasteiger partial charge in [-0.1, -0.05) is 36.4 Å². The Bertz CT molecular complexity index is 1490. The highest BCUT2D eigenvalue weighted by Crippen LogP contribution is 2.32. The van der Waals surface area contributed by atoms with Gasteiger partial charge < -0.3 is 15.7 Å². The van der Waals surface area contributed by atoms with Crippen molar-refractivity contribution in [2.45, 2.75) is 11.8 Å². The molecule has 0 saturated carbocycles. The van der Waals surface area contributed by atoms with Crippen molar-refractivity contribution in [3.63, 3.8) is 0 Å². The maximum absolute atomic E-state index is 12.7. The van der Waals surface area contributed by atoms with E-state index in [2.05, 4.69) is 25.6 Å². The lowest BCUT2D eigenvalue weighted by Crippen LogP contribution is -2.27. The summed E-state index contributed by atoms with van der Waals surface area (Å²) >= 11 is 0. The van der Waals surface area contributed by atoms with Crippen molar-refractivity contribution in [1.29, 1.82) is 0 Å². The number of aliphatic hydroxyl groups is 1. The minimum absolute atomic E-state index is 0.0702. The minimum Gasteiger partial charge on any atom is -0.395 e. The van der Waals surface area contributed by atoms with E-state index < -0.39 is 10.0 Å². The summed E-state index contributed by atoms with van der Waals surface area (Å²) in [6, 6.07) is 19.7. The van der Waals surface area contributed by atoms with E-state index in [4.69, 9.17) is 5.11 Å². The van der Waals surface area contributed by atoms with E-state index in [1.54, 1.807) is 56.4 Å². The van der Waals surface area contributed by atoms with Crippen LogP contribution in [0.4, 0.5) is 11.5 Å². The zero-order chi connectivity index (χ0) is 25.0. The lowest BCUT2D eigenvalue weighted by molar-refractivity contribution is 0.0963. The summed E-state index contributed by atoms with van der Waals surface area (Å²) in [4.78, 5) is 11.9. The summed E-state index contributed by atoms with van der Waals surface area (Å²) in [5.41, 5.74) is 3.01. The number of aryl methyl sites for hydroxylation is 1. The molecular weight excluding hydrogens is 466 g/mol. The molecule has 0 bridgehead atoms. The van der Waals surface area contributed by atoms with Gasteiger partial charge in [0.25, 0.3) is 5.91 Å². The van der Waals surface area contributed by atoms with Crippen molar-refractivity contribution in [2.24, 2.45) is 0 Å². The zero-order valence-corrected chi connectivity index (χ0v) is 20.1. The Balaban J connectivity index is 1.73. The fourth-order valence-corrected chi connectivity index (χ4v) is 4.98. The van der Waals surface area contributed by atoms with Crippen molar-refractivity contribution >= 4 is 38.2 Å². The Hall–Kier alpha value is -3.86. The highest BCUT2D eigenvalue weighted by molar-refractivity contribution is 7.89. The second kappa shape index (κ2) is 10.2. The van der Waals surface area contributed by atoms with E-state index in [9.17, 15) is 13.2 Å². The molecule has 3 aromatic carbocycles. The van der Waals surface area contributed by atoms with Crippen LogP contribution in [0.5, 0.6) is 0 Å². The first kappa shape index (κ1) is 24.3. The van der Waals surface area contributed by atoms with Gasteiger partial charge in [0.1, 0.15) is 5.69 Å². The zero-order valence-electron chi connectivity index (χ0n) is 19.2. The van der Waals surface area contributed by atoms with Crippen LogP contribution in [0.1, 0.15) is 15.9 Å². The van der Waals surface area contributed by atoms with Gasteiger partial charge in [-0.15, -0.1) is 10.2 Å². The van der Waals surface area contributed by atoms with Crippen molar-refractivity contribution < 1.29 is 18.3 Å². The van der Waals surface area contributed by atoms with Crippen molar-refractivity contribution in [3.05, 3.63) is 77.9 Å². The molecule has 4 N–H and O–H groups in total. The Morgan fingerprint density at radius 3 is 2.37 bits per heavy atom. The van der Waals surface area contributed by atoms with Crippen LogP contribution in [-0.4, -0.2) is 49.8 Å².